The molecule has 0 atom stereocenters. The van der Waals surface area contributed by atoms with Gasteiger partial charge in [0.25, 0.3) is 0 Å². The van der Waals surface area contributed by atoms with Crippen molar-refractivity contribution >= 4 is 29.0 Å². The molecule has 0 radical (unpaired) electrons. The maximum absolute atomic E-state index is 11.8. The molecule has 0 amide bonds. The van der Waals surface area contributed by atoms with Gasteiger partial charge in [-0.3, -0.25) is 4.79 Å². The van der Waals surface area contributed by atoms with E-state index in [-0.39, 0.29) is 0 Å². The maximum Gasteiger partial charge on any atom is 0.343 e. The first-order valence-electron chi connectivity index (χ1n) is 6.64. The number of benzene rings is 1. The highest BCUT2D eigenvalue weighted by molar-refractivity contribution is 5.83. The average molecular weight is 271 g/mol. The van der Waals surface area contributed by atoms with Crippen LogP contribution < -0.4 is 10.5 Å². The van der Waals surface area contributed by atoms with E-state index >= 15 is 0 Å². The molecule has 4 nitrogen and oxygen atoms in total. The van der Waals surface area contributed by atoms with Gasteiger partial charge >= 0.3 is 5.63 Å². The Morgan fingerprint density at radius 2 is 1.95 bits per heavy atom. The normalized spacial score (nSPS) is 11.1. The second-order valence-corrected chi connectivity index (χ2v) is 4.38. The number of nitrogens with zero attached hydrogens (tertiary/aromatic N) is 1. The van der Waals surface area contributed by atoms with Crippen LogP contribution in [0.1, 0.15) is 19.4 Å². The lowest BCUT2D eigenvalue weighted by atomic mass is 10.1. The van der Waals surface area contributed by atoms with Crippen molar-refractivity contribution in [3.8, 4) is 0 Å². The summed E-state index contributed by atoms with van der Waals surface area (Å²) in [6.45, 7) is 5.95. The van der Waals surface area contributed by atoms with Crippen LogP contribution in [-0.4, -0.2) is 19.4 Å². The lowest BCUT2D eigenvalue weighted by Crippen LogP contribution is -2.21. The number of allylic oxidation sites excluding steroid dienone is 1. The summed E-state index contributed by atoms with van der Waals surface area (Å²) in [7, 11) is 0. The zero-order valence-electron chi connectivity index (χ0n) is 11.6. The summed E-state index contributed by atoms with van der Waals surface area (Å²) in [5, 5.41) is 0.839. The van der Waals surface area contributed by atoms with Crippen LogP contribution in [0, 0.1) is 0 Å². The van der Waals surface area contributed by atoms with Crippen molar-refractivity contribution in [2.75, 3.05) is 18.0 Å². The Kier molecular flexibility index (Phi) is 4.35. The molecule has 0 aliphatic heterocycles. The van der Waals surface area contributed by atoms with Gasteiger partial charge in [-0.2, -0.15) is 0 Å². The van der Waals surface area contributed by atoms with Crippen LogP contribution in [0.3, 0.4) is 0 Å². The van der Waals surface area contributed by atoms with Crippen molar-refractivity contribution in [2.24, 2.45) is 0 Å². The van der Waals surface area contributed by atoms with E-state index in [2.05, 4.69) is 18.7 Å². The second-order valence-electron chi connectivity index (χ2n) is 4.38. The molecule has 0 saturated heterocycles. The van der Waals surface area contributed by atoms with Crippen molar-refractivity contribution in [1.29, 1.82) is 0 Å². The van der Waals surface area contributed by atoms with Crippen molar-refractivity contribution in [2.45, 2.75) is 13.8 Å². The average Bonchev–Trinajstić information content (AvgIpc) is 2.46. The number of rotatable bonds is 5. The Hall–Kier alpha value is -2.36. The third-order valence-electron chi connectivity index (χ3n) is 3.23. The number of carbonyl (C=O) groups excluding carboxylic acids is 1. The Morgan fingerprint density at radius 3 is 2.60 bits per heavy atom. The molecule has 2 aromatic rings. The Balaban J connectivity index is 2.52. The summed E-state index contributed by atoms with van der Waals surface area (Å²) in [5.74, 6) is 0. The van der Waals surface area contributed by atoms with Crippen LogP contribution in [0.25, 0.3) is 17.0 Å². The van der Waals surface area contributed by atoms with E-state index in [4.69, 9.17) is 4.42 Å². The fourth-order valence-electron chi connectivity index (χ4n) is 2.16. The molecule has 20 heavy (non-hydrogen) atoms. The number of carbonyl (C=O) groups is 1. The van der Waals surface area contributed by atoms with Gasteiger partial charge in [0.05, 0.1) is 5.56 Å². The molecule has 0 aliphatic carbocycles. The smallest absolute Gasteiger partial charge is 0.343 e. The third-order valence-corrected chi connectivity index (χ3v) is 3.23. The predicted octanol–water partition coefficient (Wildman–Crippen LogP) is 2.85. The lowest BCUT2D eigenvalue weighted by Gasteiger charge is -2.20. The monoisotopic (exact) mass is 271 g/mol. The predicted molar refractivity (Wildman–Crippen MR) is 81.1 cm³/mol. The standard InChI is InChI=1S/C16H17NO3/c1-3-17(4-2)14-8-7-12-10-13(6-5-9-18)16(19)20-15(12)11-14/h5-11H,3-4H2,1-2H3. The Labute approximate surface area is 117 Å². The lowest BCUT2D eigenvalue weighted by molar-refractivity contribution is -0.104. The molecule has 1 heterocycles. The number of fused-ring (bicyclic) bond motifs is 1. The number of hydrogen-bond donors (Lipinski definition) is 0. The van der Waals surface area contributed by atoms with Gasteiger partial charge in [0.1, 0.15) is 11.9 Å². The minimum atomic E-state index is -0.438. The van der Waals surface area contributed by atoms with E-state index < -0.39 is 5.63 Å². The highest BCUT2D eigenvalue weighted by Crippen LogP contribution is 2.22. The van der Waals surface area contributed by atoms with E-state index in [9.17, 15) is 9.59 Å². The van der Waals surface area contributed by atoms with Gasteiger partial charge in [-0.1, -0.05) is 0 Å². The van der Waals surface area contributed by atoms with Gasteiger partial charge in [0.2, 0.25) is 0 Å². The van der Waals surface area contributed by atoms with E-state index in [1.165, 1.54) is 12.2 Å². The van der Waals surface area contributed by atoms with Crippen LogP contribution in [0.2, 0.25) is 0 Å². The first-order chi connectivity index (χ1) is 9.69. The quantitative estimate of drug-likeness (QED) is 0.476. The molecule has 4 heteroatoms. The number of anilines is 1. The molecule has 1 aromatic carbocycles. The fourth-order valence-corrected chi connectivity index (χ4v) is 2.16. The summed E-state index contributed by atoms with van der Waals surface area (Å²) >= 11 is 0. The summed E-state index contributed by atoms with van der Waals surface area (Å²) in [4.78, 5) is 24.3. The summed E-state index contributed by atoms with van der Waals surface area (Å²) in [6.07, 6.45) is 3.37. The minimum Gasteiger partial charge on any atom is -0.422 e. The Morgan fingerprint density at radius 1 is 1.20 bits per heavy atom. The van der Waals surface area contributed by atoms with Crippen LogP contribution >= 0.6 is 0 Å². The summed E-state index contributed by atoms with van der Waals surface area (Å²) < 4.78 is 5.32. The zero-order valence-corrected chi connectivity index (χ0v) is 11.6. The van der Waals surface area contributed by atoms with Crippen molar-refractivity contribution < 1.29 is 9.21 Å². The molecular weight excluding hydrogens is 254 g/mol. The van der Waals surface area contributed by atoms with Crippen molar-refractivity contribution in [3.63, 3.8) is 0 Å². The highest BCUT2D eigenvalue weighted by Gasteiger charge is 2.06. The van der Waals surface area contributed by atoms with Crippen LogP contribution in [0.5, 0.6) is 0 Å². The SMILES string of the molecule is CCN(CC)c1ccc2cc(C=CC=O)c(=O)oc2c1. The molecule has 0 N–H and O–H groups in total. The largest absolute Gasteiger partial charge is 0.422 e. The first-order valence-corrected chi connectivity index (χ1v) is 6.64. The van der Waals surface area contributed by atoms with E-state index in [1.807, 2.05) is 18.2 Å². The van der Waals surface area contributed by atoms with Gasteiger partial charge < -0.3 is 9.32 Å². The Bertz CT molecular complexity index is 696. The number of hydrogen-bond acceptors (Lipinski definition) is 4. The van der Waals surface area contributed by atoms with Gasteiger partial charge in [0, 0.05) is 30.2 Å². The van der Waals surface area contributed by atoms with Crippen LogP contribution in [-0.2, 0) is 4.79 Å². The zero-order chi connectivity index (χ0) is 14.5. The van der Waals surface area contributed by atoms with Gasteiger partial charge in [0.15, 0.2) is 0 Å². The molecule has 0 saturated carbocycles. The van der Waals surface area contributed by atoms with Crippen LogP contribution in [0.4, 0.5) is 5.69 Å². The van der Waals surface area contributed by atoms with E-state index in [0.29, 0.717) is 17.4 Å². The molecule has 1 aromatic heterocycles. The minimum absolute atomic E-state index is 0.375. The van der Waals surface area contributed by atoms with E-state index in [1.54, 1.807) is 6.07 Å². The molecule has 104 valence electrons. The topological polar surface area (TPSA) is 50.5 Å². The van der Waals surface area contributed by atoms with Crippen molar-refractivity contribution in [1.82, 2.24) is 0 Å². The van der Waals surface area contributed by atoms with Crippen molar-refractivity contribution in [3.05, 3.63) is 46.3 Å². The summed E-state index contributed by atoms with van der Waals surface area (Å²) in [6, 6.07) is 7.52. The second kappa shape index (κ2) is 6.19. The molecule has 0 aliphatic rings. The number of aldehydes is 1. The van der Waals surface area contributed by atoms with Gasteiger partial charge in [-0.25, -0.2) is 4.79 Å². The highest BCUT2D eigenvalue weighted by atomic mass is 16.4. The molecule has 2 rings (SSSR count). The maximum atomic E-state index is 11.8. The van der Waals surface area contributed by atoms with Gasteiger partial charge in [-0.15, -0.1) is 0 Å². The van der Waals surface area contributed by atoms with Gasteiger partial charge in [-0.05, 0) is 44.2 Å². The molecule has 0 spiro atoms. The molecule has 0 bridgehead atoms. The molecule has 0 unspecified atom stereocenters. The third kappa shape index (κ3) is 2.79. The summed E-state index contributed by atoms with van der Waals surface area (Å²) in [5.41, 5.74) is 1.52. The van der Waals surface area contributed by atoms with Crippen LogP contribution in [0.15, 0.2) is 39.6 Å². The molecular formula is C16H17NO3. The molecule has 0 fully saturated rings. The van der Waals surface area contributed by atoms with E-state index in [0.717, 1.165) is 24.2 Å². The fraction of sp³-hybridized carbons (Fsp3) is 0.250. The first kappa shape index (κ1) is 14.1.